The maximum atomic E-state index is 15.3. The third-order valence-corrected chi connectivity index (χ3v) is 6.99. The van der Waals surface area contributed by atoms with Gasteiger partial charge in [0.15, 0.2) is 11.6 Å². The van der Waals surface area contributed by atoms with Gasteiger partial charge in [0.1, 0.15) is 17.6 Å². The van der Waals surface area contributed by atoms with Crippen LogP contribution in [0.2, 0.25) is 0 Å². The van der Waals surface area contributed by atoms with Crippen LogP contribution in [0.3, 0.4) is 0 Å². The minimum Gasteiger partial charge on any atom is -0.444 e. The smallest absolute Gasteiger partial charge is 0.414 e. The number of carbonyl (C=O) groups excluding carboxylic acids is 3. The lowest BCUT2D eigenvalue weighted by molar-refractivity contribution is -0.117. The highest BCUT2D eigenvalue weighted by molar-refractivity contribution is 5.94. The summed E-state index contributed by atoms with van der Waals surface area (Å²) in [7, 11) is 0. The number of carbonyl (C=O) groups is 3. The molecule has 0 bridgehead atoms. The molecule has 11 nitrogen and oxygen atoms in total. The van der Waals surface area contributed by atoms with Gasteiger partial charge in [-0.1, -0.05) is 0 Å². The number of nitrogens with zero attached hydrogens (tertiary/aromatic N) is 4. The van der Waals surface area contributed by atoms with Gasteiger partial charge in [-0.25, -0.2) is 18.3 Å². The number of fused-ring (bicyclic) bond motifs is 3. The number of ether oxygens (including phenoxy) is 1. The summed E-state index contributed by atoms with van der Waals surface area (Å²) < 4.78 is 39.1. The highest BCUT2D eigenvalue weighted by Gasteiger charge is 2.34. The van der Waals surface area contributed by atoms with Crippen molar-refractivity contribution in [2.75, 3.05) is 41.3 Å². The number of halogens is 2. The summed E-state index contributed by atoms with van der Waals surface area (Å²) in [6, 6.07) is 7.15. The molecule has 5 rings (SSSR count). The summed E-state index contributed by atoms with van der Waals surface area (Å²) in [6.07, 6.45) is -0.669. The fourth-order valence-electron chi connectivity index (χ4n) is 5.09. The molecular weight excluding hydrogens is 514 g/mol. The second-order valence-corrected chi connectivity index (χ2v) is 9.64. The average molecular weight is 543 g/mol. The van der Waals surface area contributed by atoms with Crippen molar-refractivity contribution in [2.24, 2.45) is 5.73 Å². The van der Waals surface area contributed by atoms with Gasteiger partial charge < -0.3 is 25.5 Å². The van der Waals surface area contributed by atoms with Gasteiger partial charge in [-0.3, -0.25) is 19.2 Å². The molecule has 2 aromatic carbocycles. The Morgan fingerprint density at radius 2 is 1.74 bits per heavy atom. The maximum absolute atomic E-state index is 15.3. The van der Waals surface area contributed by atoms with Crippen LogP contribution < -0.4 is 26.4 Å². The Balaban J connectivity index is 1.35. The molecule has 1 fully saturated rings. The monoisotopic (exact) mass is 542 g/mol. The molecule has 3 N–H and O–H groups in total. The molecule has 13 heteroatoms. The van der Waals surface area contributed by atoms with Crippen LogP contribution in [-0.4, -0.2) is 59.4 Å². The van der Waals surface area contributed by atoms with Crippen LogP contribution in [0.15, 0.2) is 35.1 Å². The Morgan fingerprint density at radius 1 is 1.05 bits per heavy atom. The zero-order valence-corrected chi connectivity index (χ0v) is 21.3. The van der Waals surface area contributed by atoms with Gasteiger partial charge in [0.2, 0.25) is 5.91 Å². The van der Waals surface area contributed by atoms with Crippen molar-refractivity contribution in [3.8, 4) is 0 Å². The van der Waals surface area contributed by atoms with Crippen molar-refractivity contribution in [3.63, 3.8) is 0 Å². The quantitative estimate of drug-likeness (QED) is 0.468. The summed E-state index contributed by atoms with van der Waals surface area (Å²) in [5.74, 6) is -2.09. The average Bonchev–Trinajstić information content (AvgIpc) is 3.29. The number of nitrogens with one attached hydrogen (secondary N) is 1. The van der Waals surface area contributed by atoms with Crippen LogP contribution in [-0.2, 0) is 27.4 Å². The molecule has 2 amide bonds. The number of cyclic esters (lactones) is 1. The zero-order valence-electron chi connectivity index (χ0n) is 21.3. The van der Waals surface area contributed by atoms with E-state index >= 15 is 8.78 Å². The number of aromatic nitrogens is 2. The van der Waals surface area contributed by atoms with Crippen molar-refractivity contribution >= 4 is 45.7 Å². The second-order valence-electron chi connectivity index (χ2n) is 9.64. The standard InChI is InChI=1S/C26H28F2N6O5/c1-15(35)2-4-18-14-32(26(38)39-18)17-11-20(27)24(21(28)12-17)31-6-8-33-22-5-3-16(30-23(36)13-29)10-19(22)25(37)34(33)9-7-31/h3,5,10-12,18H,2,4,6-9,13-14,29H2,1H3,(H,30,36)/t18-/m0/s1. The number of rotatable bonds is 7. The molecule has 3 aromatic rings. The van der Waals surface area contributed by atoms with Crippen molar-refractivity contribution < 1.29 is 27.9 Å². The van der Waals surface area contributed by atoms with Gasteiger partial charge >= 0.3 is 6.09 Å². The first-order valence-electron chi connectivity index (χ1n) is 12.6. The molecule has 1 saturated heterocycles. The van der Waals surface area contributed by atoms with Gasteiger partial charge in [-0.05, 0) is 31.5 Å². The Kier molecular flexibility index (Phi) is 7.08. The minimum absolute atomic E-state index is 0.0323. The molecule has 3 heterocycles. The van der Waals surface area contributed by atoms with E-state index < -0.39 is 23.8 Å². The summed E-state index contributed by atoms with van der Waals surface area (Å²) in [5, 5.41) is 3.04. The summed E-state index contributed by atoms with van der Waals surface area (Å²) >= 11 is 0. The molecule has 2 aliphatic rings. The molecule has 0 spiro atoms. The predicted octanol–water partition coefficient (Wildman–Crippen LogP) is 2.19. The van der Waals surface area contributed by atoms with Gasteiger partial charge in [0.05, 0.1) is 42.8 Å². The number of anilines is 3. The minimum atomic E-state index is -0.839. The predicted molar refractivity (Wildman–Crippen MR) is 140 cm³/mol. The molecule has 0 radical (unpaired) electrons. The SMILES string of the molecule is CC(=O)CC[C@H]1CN(c2cc(F)c(N3CCn4c(=O)c5cc(NC(=O)CN)ccc5n4CC3)c(F)c2)C(=O)O1. The van der Waals surface area contributed by atoms with Crippen molar-refractivity contribution in [1.29, 1.82) is 0 Å². The van der Waals surface area contributed by atoms with Crippen LogP contribution in [0.25, 0.3) is 10.9 Å². The Hall–Kier alpha value is -4.26. The van der Waals surface area contributed by atoms with E-state index in [-0.39, 0.29) is 74.3 Å². The first-order valence-corrected chi connectivity index (χ1v) is 12.6. The molecule has 0 aliphatic carbocycles. The van der Waals surface area contributed by atoms with E-state index in [0.29, 0.717) is 23.0 Å². The van der Waals surface area contributed by atoms with Crippen molar-refractivity contribution in [1.82, 2.24) is 9.36 Å². The van der Waals surface area contributed by atoms with E-state index in [0.717, 1.165) is 17.0 Å². The lowest BCUT2D eigenvalue weighted by Crippen LogP contribution is -2.30. The fourth-order valence-corrected chi connectivity index (χ4v) is 5.09. The second kappa shape index (κ2) is 10.5. The van der Waals surface area contributed by atoms with Crippen LogP contribution in [0.5, 0.6) is 0 Å². The van der Waals surface area contributed by atoms with Gasteiger partial charge in [-0.15, -0.1) is 0 Å². The number of ketones is 1. The lowest BCUT2D eigenvalue weighted by Gasteiger charge is -2.24. The summed E-state index contributed by atoms with van der Waals surface area (Å²) in [6.45, 7) is 2.20. The first-order chi connectivity index (χ1) is 18.7. The molecule has 0 saturated carbocycles. The van der Waals surface area contributed by atoms with Gasteiger partial charge in [0, 0.05) is 37.3 Å². The largest absolute Gasteiger partial charge is 0.444 e. The van der Waals surface area contributed by atoms with Crippen molar-refractivity contribution in [3.05, 3.63) is 52.3 Å². The van der Waals surface area contributed by atoms with Gasteiger partial charge in [-0.2, -0.15) is 0 Å². The highest BCUT2D eigenvalue weighted by atomic mass is 19.1. The number of amides is 2. The van der Waals surface area contributed by atoms with Crippen LogP contribution in [0.4, 0.5) is 30.6 Å². The number of hydrogen-bond donors (Lipinski definition) is 2. The maximum Gasteiger partial charge on any atom is 0.414 e. The van der Waals surface area contributed by atoms with E-state index in [1.165, 1.54) is 16.5 Å². The normalized spacial score (nSPS) is 17.2. The Bertz CT molecular complexity index is 1510. The van der Waals surface area contributed by atoms with Crippen molar-refractivity contribution in [2.45, 2.75) is 39.0 Å². The topological polar surface area (TPSA) is 132 Å². The van der Waals surface area contributed by atoms with E-state index in [2.05, 4.69) is 5.32 Å². The molecule has 0 unspecified atom stereocenters. The third kappa shape index (κ3) is 5.09. The molecule has 1 aromatic heterocycles. The molecule has 1 atom stereocenters. The molecule has 39 heavy (non-hydrogen) atoms. The number of benzene rings is 2. The third-order valence-electron chi connectivity index (χ3n) is 6.99. The lowest BCUT2D eigenvalue weighted by atomic mass is 10.1. The summed E-state index contributed by atoms with van der Waals surface area (Å²) in [4.78, 5) is 51.0. The Morgan fingerprint density at radius 3 is 2.41 bits per heavy atom. The van der Waals surface area contributed by atoms with E-state index in [1.54, 1.807) is 22.9 Å². The highest BCUT2D eigenvalue weighted by Crippen LogP contribution is 2.32. The molecule has 2 aliphatic heterocycles. The van der Waals surface area contributed by atoms with Crippen LogP contribution >= 0.6 is 0 Å². The molecule has 206 valence electrons. The number of hydrogen-bond acceptors (Lipinski definition) is 7. The Labute approximate surface area is 221 Å². The zero-order chi connectivity index (χ0) is 27.8. The van der Waals surface area contributed by atoms with E-state index in [9.17, 15) is 19.2 Å². The number of nitrogens with two attached hydrogens (primary N) is 1. The van der Waals surface area contributed by atoms with E-state index in [4.69, 9.17) is 10.5 Å². The van der Waals surface area contributed by atoms with Crippen LogP contribution in [0, 0.1) is 11.6 Å². The molecular formula is C26H28F2N6O5. The summed E-state index contributed by atoms with van der Waals surface area (Å²) in [5.41, 5.74) is 5.94. The van der Waals surface area contributed by atoms with E-state index in [1.807, 2.05) is 0 Å². The van der Waals surface area contributed by atoms with Crippen LogP contribution in [0.1, 0.15) is 19.8 Å². The number of Topliss-reactive ketones (excluding diaryl/α,β-unsaturated/α-hetero) is 1. The first kappa shape index (κ1) is 26.4. The van der Waals surface area contributed by atoms with Gasteiger partial charge in [0.25, 0.3) is 5.56 Å². The fraction of sp³-hybridized carbons (Fsp3) is 0.385.